The molecule has 5 rings (SSSR count). The molecule has 6 nitrogen and oxygen atoms in total. The Morgan fingerprint density at radius 2 is 1.63 bits per heavy atom. The molecule has 0 aromatic heterocycles. The fraction of sp³-hybridized carbons (Fsp3) is 0.111. The van der Waals surface area contributed by atoms with Crippen molar-refractivity contribution in [3.8, 4) is 23.3 Å². The van der Waals surface area contributed by atoms with Crippen molar-refractivity contribution in [2.24, 2.45) is 0 Å². The van der Waals surface area contributed by atoms with Crippen LogP contribution in [0.1, 0.15) is 22.3 Å². The van der Waals surface area contributed by atoms with Crippen molar-refractivity contribution in [1.29, 1.82) is 5.26 Å². The number of anilines is 1. The van der Waals surface area contributed by atoms with Crippen molar-refractivity contribution in [1.82, 2.24) is 0 Å². The van der Waals surface area contributed by atoms with Gasteiger partial charge in [0, 0.05) is 27.9 Å². The Morgan fingerprint density at radius 3 is 2.37 bits per heavy atom. The SMILES string of the molecule is COc1ccc(/C=C(\C#N)C(=O)Nc2ccc(OCc3ccc(Cl)cc3)cc2)c(OCc2c(C)ccc3ccccc23)c1. The third-order valence-electron chi connectivity index (χ3n) is 6.96. The van der Waals surface area contributed by atoms with Gasteiger partial charge in [-0.1, -0.05) is 60.1 Å². The minimum Gasteiger partial charge on any atom is -0.497 e. The van der Waals surface area contributed by atoms with Gasteiger partial charge in [0.25, 0.3) is 5.91 Å². The molecule has 0 unspecified atom stereocenters. The quantitative estimate of drug-likeness (QED) is 0.131. The van der Waals surface area contributed by atoms with Gasteiger partial charge in [-0.25, -0.2) is 0 Å². The number of benzene rings is 5. The second kappa shape index (κ2) is 13.6. The molecule has 1 N–H and O–H groups in total. The minimum absolute atomic E-state index is 0.0700. The van der Waals surface area contributed by atoms with E-state index in [9.17, 15) is 10.1 Å². The number of hydrogen-bond acceptors (Lipinski definition) is 5. The van der Waals surface area contributed by atoms with Gasteiger partial charge in [0.05, 0.1) is 7.11 Å². The molecular weight excluding hydrogens is 560 g/mol. The van der Waals surface area contributed by atoms with E-state index in [1.54, 1.807) is 49.6 Å². The molecule has 0 aliphatic heterocycles. The number of halogens is 1. The molecule has 0 radical (unpaired) electrons. The summed E-state index contributed by atoms with van der Waals surface area (Å²) in [6.07, 6.45) is 1.52. The van der Waals surface area contributed by atoms with E-state index in [-0.39, 0.29) is 5.57 Å². The molecule has 5 aromatic rings. The van der Waals surface area contributed by atoms with Crippen LogP contribution in [0.15, 0.2) is 109 Å². The fourth-order valence-corrected chi connectivity index (χ4v) is 4.68. The number of amides is 1. The summed E-state index contributed by atoms with van der Waals surface area (Å²) in [5.41, 5.74) is 4.20. The van der Waals surface area contributed by atoms with Crippen LogP contribution in [-0.4, -0.2) is 13.0 Å². The first-order valence-electron chi connectivity index (χ1n) is 13.6. The van der Waals surface area contributed by atoms with E-state index in [4.69, 9.17) is 25.8 Å². The molecule has 1 amide bonds. The zero-order valence-electron chi connectivity index (χ0n) is 23.8. The van der Waals surface area contributed by atoms with E-state index in [2.05, 4.69) is 29.6 Å². The summed E-state index contributed by atoms with van der Waals surface area (Å²) >= 11 is 5.93. The number of nitrogens with zero attached hydrogens (tertiary/aromatic N) is 1. The van der Waals surface area contributed by atoms with E-state index in [1.807, 2.05) is 49.4 Å². The zero-order chi connectivity index (χ0) is 30.2. The van der Waals surface area contributed by atoms with Gasteiger partial charge >= 0.3 is 0 Å². The molecule has 0 fully saturated rings. The predicted molar refractivity (Wildman–Crippen MR) is 170 cm³/mol. The molecule has 7 heteroatoms. The summed E-state index contributed by atoms with van der Waals surface area (Å²) in [4.78, 5) is 13.1. The smallest absolute Gasteiger partial charge is 0.266 e. The van der Waals surface area contributed by atoms with Crippen LogP contribution in [0.25, 0.3) is 16.8 Å². The summed E-state index contributed by atoms with van der Waals surface area (Å²) in [7, 11) is 1.58. The first-order valence-corrected chi connectivity index (χ1v) is 14.0. The van der Waals surface area contributed by atoms with Crippen molar-refractivity contribution in [2.75, 3.05) is 12.4 Å². The average molecular weight is 589 g/mol. The van der Waals surface area contributed by atoms with Gasteiger partial charge in [0.2, 0.25) is 0 Å². The Balaban J connectivity index is 1.30. The van der Waals surface area contributed by atoms with Crippen molar-refractivity contribution in [3.63, 3.8) is 0 Å². The molecular formula is C36H29ClN2O4. The molecule has 43 heavy (non-hydrogen) atoms. The predicted octanol–water partition coefficient (Wildman–Crippen LogP) is 8.51. The summed E-state index contributed by atoms with van der Waals surface area (Å²) in [6.45, 7) is 2.74. The van der Waals surface area contributed by atoms with Gasteiger partial charge in [0.1, 0.15) is 42.1 Å². The molecule has 0 heterocycles. The zero-order valence-corrected chi connectivity index (χ0v) is 24.5. The van der Waals surface area contributed by atoms with Gasteiger partial charge in [0.15, 0.2) is 0 Å². The third kappa shape index (κ3) is 7.34. The number of aryl methyl sites for hydroxylation is 1. The van der Waals surface area contributed by atoms with Crippen molar-refractivity contribution in [2.45, 2.75) is 20.1 Å². The second-order valence-corrected chi connectivity index (χ2v) is 10.3. The topological polar surface area (TPSA) is 80.6 Å². The Bertz CT molecular complexity index is 1820. The van der Waals surface area contributed by atoms with Gasteiger partial charge in [-0.3, -0.25) is 4.79 Å². The summed E-state index contributed by atoms with van der Waals surface area (Å²) < 4.78 is 17.5. The molecule has 0 aliphatic rings. The van der Waals surface area contributed by atoms with Crippen molar-refractivity contribution in [3.05, 3.63) is 136 Å². The summed E-state index contributed by atoms with van der Waals surface area (Å²) in [6, 6.07) is 34.0. The highest BCUT2D eigenvalue weighted by Crippen LogP contribution is 2.30. The van der Waals surface area contributed by atoms with E-state index in [1.165, 1.54) is 6.08 Å². The van der Waals surface area contributed by atoms with E-state index >= 15 is 0 Å². The number of hydrogen-bond donors (Lipinski definition) is 1. The molecule has 0 saturated carbocycles. The van der Waals surface area contributed by atoms with Crippen LogP contribution in [-0.2, 0) is 18.0 Å². The number of nitrogens with one attached hydrogen (secondary N) is 1. The lowest BCUT2D eigenvalue weighted by atomic mass is 10.0. The first-order chi connectivity index (χ1) is 20.9. The average Bonchev–Trinajstić information content (AvgIpc) is 3.03. The number of fused-ring (bicyclic) bond motifs is 1. The highest BCUT2D eigenvalue weighted by molar-refractivity contribution is 6.30. The number of carbonyl (C=O) groups is 1. The van der Waals surface area contributed by atoms with Crippen LogP contribution in [0.2, 0.25) is 5.02 Å². The standard InChI is InChI=1S/C36H29ClN2O4/c1-24-7-10-26-5-3-4-6-33(26)34(24)23-43-35-20-32(41-2)16-11-27(35)19-28(21-38)36(40)39-30-14-17-31(18-15-30)42-22-25-8-12-29(37)13-9-25/h3-20H,22-23H2,1-2H3,(H,39,40)/b28-19+. The number of ether oxygens (including phenoxy) is 3. The lowest BCUT2D eigenvalue weighted by Gasteiger charge is -2.15. The van der Waals surface area contributed by atoms with Crippen LogP contribution >= 0.6 is 11.6 Å². The lowest BCUT2D eigenvalue weighted by Crippen LogP contribution is -2.13. The van der Waals surface area contributed by atoms with Crippen LogP contribution in [0.5, 0.6) is 17.2 Å². The Labute approximate surface area is 255 Å². The molecule has 0 aliphatic carbocycles. The van der Waals surface area contributed by atoms with E-state index in [0.29, 0.717) is 46.7 Å². The molecule has 5 aromatic carbocycles. The van der Waals surface area contributed by atoms with Gasteiger partial charge in [-0.15, -0.1) is 0 Å². The number of rotatable bonds is 10. The van der Waals surface area contributed by atoms with E-state index < -0.39 is 5.91 Å². The normalized spacial score (nSPS) is 11.1. The van der Waals surface area contributed by atoms with Crippen LogP contribution in [0.3, 0.4) is 0 Å². The maximum Gasteiger partial charge on any atom is 0.266 e. The third-order valence-corrected chi connectivity index (χ3v) is 7.22. The van der Waals surface area contributed by atoms with Gasteiger partial charge < -0.3 is 19.5 Å². The molecule has 0 bridgehead atoms. The molecule has 0 spiro atoms. The van der Waals surface area contributed by atoms with Crippen LogP contribution in [0.4, 0.5) is 5.69 Å². The highest BCUT2D eigenvalue weighted by Gasteiger charge is 2.14. The largest absolute Gasteiger partial charge is 0.497 e. The lowest BCUT2D eigenvalue weighted by molar-refractivity contribution is -0.112. The van der Waals surface area contributed by atoms with Crippen molar-refractivity contribution < 1.29 is 19.0 Å². The Morgan fingerprint density at radius 1 is 0.884 bits per heavy atom. The molecule has 0 atom stereocenters. The molecule has 0 saturated heterocycles. The van der Waals surface area contributed by atoms with E-state index in [0.717, 1.165) is 27.5 Å². The first kappa shape index (κ1) is 29.2. The summed E-state index contributed by atoms with van der Waals surface area (Å²) in [5, 5.41) is 15.5. The van der Waals surface area contributed by atoms with Crippen molar-refractivity contribution >= 4 is 40.0 Å². The van der Waals surface area contributed by atoms with Crippen LogP contribution in [0, 0.1) is 18.3 Å². The number of nitriles is 1. The summed E-state index contributed by atoms with van der Waals surface area (Å²) in [5.74, 6) is 1.20. The second-order valence-electron chi connectivity index (χ2n) is 9.84. The number of methoxy groups -OCH3 is 1. The maximum atomic E-state index is 13.1. The molecule has 214 valence electrons. The maximum absolute atomic E-state index is 13.1. The minimum atomic E-state index is -0.538. The fourth-order valence-electron chi connectivity index (χ4n) is 4.56. The van der Waals surface area contributed by atoms with Gasteiger partial charge in [-0.2, -0.15) is 5.26 Å². The Kier molecular flexibility index (Phi) is 9.26. The van der Waals surface area contributed by atoms with Crippen LogP contribution < -0.4 is 19.5 Å². The monoisotopic (exact) mass is 588 g/mol. The van der Waals surface area contributed by atoms with Gasteiger partial charge in [-0.05, 0) is 83.4 Å². The number of carbonyl (C=O) groups excluding carboxylic acids is 1. The highest BCUT2D eigenvalue weighted by atomic mass is 35.5. The Hall–Kier alpha value is -5.25.